The van der Waals surface area contributed by atoms with Gasteiger partial charge in [-0.2, -0.15) is 0 Å². The molecule has 2 amide bonds. The summed E-state index contributed by atoms with van der Waals surface area (Å²) in [6, 6.07) is 15.1. The first-order chi connectivity index (χ1) is 17.0. The number of carbonyl (C=O) groups excluding carboxylic acids is 1. The van der Waals surface area contributed by atoms with Crippen LogP contribution in [0.15, 0.2) is 48.5 Å². The number of nitrogens with two attached hydrogens (primary N) is 1. The van der Waals surface area contributed by atoms with Crippen molar-refractivity contribution < 1.29 is 24.2 Å². The normalized spacial score (nSPS) is 19.0. The van der Waals surface area contributed by atoms with Crippen LogP contribution in [0.25, 0.3) is 0 Å². The Kier molecular flexibility index (Phi) is 8.18. The van der Waals surface area contributed by atoms with Crippen LogP contribution in [-0.2, 0) is 11.3 Å². The second-order valence-electron chi connectivity index (χ2n) is 9.13. The summed E-state index contributed by atoms with van der Waals surface area (Å²) in [7, 11) is 0. The fraction of sp³-hybridized carbons (Fsp3) is 0.462. The molecule has 2 aromatic rings. The van der Waals surface area contributed by atoms with Crippen LogP contribution in [0, 0.1) is 0 Å². The largest absolute Gasteiger partial charge is 0.488 e. The third kappa shape index (κ3) is 6.71. The number of carbonyl (C=O) groups is 2. The molecule has 2 fully saturated rings. The lowest BCUT2D eigenvalue weighted by molar-refractivity contribution is 0.0640. The van der Waals surface area contributed by atoms with Gasteiger partial charge in [-0.15, -0.1) is 0 Å². The van der Waals surface area contributed by atoms with Crippen molar-refractivity contribution in [3.63, 3.8) is 0 Å². The van der Waals surface area contributed by atoms with Gasteiger partial charge in [-0.25, -0.2) is 9.59 Å². The molecular weight excluding hydrogens is 448 g/mol. The smallest absolute Gasteiger partial charge is 0.410 e. The summed E-state index contributed by atoms with van der Waals surface area (Å²) < 4.78 is 11.8. The summed E-state index contributed by atoms with van der Waals surface area (Å²) in [6.07, 6.45) is 2.77. The van der Waals surface area contributed by atoms with E-state index in [0.29, 0.717) is 56.1 Å². The number of amides is 2. The molecule has 0 bridgehead atoms. The third-order valence-corrected chi connectivity index (χ3v) is 6.55. The fourth-order valence-corrected chi connectivity index (χ4v) is 4.58. The molecule has 9 nitrogen and oxygen atoms in total. The Morgan fingerprint density at radius 1 is 0.971 bits per heavy atom. The molecule has 35 heavy (non-hydrogen) atoms. The topological polar surface area (TPSA) is 117 Å². The second-order valence-corrected chi connectivity index (χ2v) is 9.13. The average molecular weight is 483 g/mol. The van der Waals surface area contributed by atoms with E-state index in [9.17, 15) is 14.7 Å². The number of anilines is 2. The summed E-state index contributed by atoms with van der Waals surface area (Å²) >= 11 is 0. The molecule has 2 aliphatic rings. The van der Waals surface area contributed by atoms with Crippen molar-refractivity contribution in [2.45, 2.75) is 50.9 Å². The van der Waals surface area contributed by atoms with Gasteiger partial charge < -0.3 is 35.4 Å². The molecule has 0 aromatic heterocycles. The van der Waals surface area contributed by atoms with E-state index in [2.05, 4.69) is 5.32 Å². The SMILES string of the molecule is Nc1cccc(OC2CCN(C(=O)OCc3ccccc3)CC2)c1N[C@@H]1CCCCN(C(=O)O)C1. The van der Waals surface area contributed by atoms with E-state index in [4.69, 9.17) is 15.2 Å². The average Bonchev–Trinajstić information content (AvgIpc) is 3.12. The predicted molar refractivity (Wildman–Crippen MR) is 134 cm³/mol. The molecule has 0 aliphatic carbocycles. The molecule has 188 valence electrons. The number of benzene rings is 2. The Morgan fingerprint density at radius 3 is 2.49 bits per heavy atom. The molecular formula is C26H34N4O5. The molecule has 0 spiro atoms. The molecule has 1 atom stereocenters. The summed E-state index contributed by atoms with van der Waals surface area (Å²) in [5.41, 5.74) is 8.51. The van der Waals surface area contributed by atoms with Gasteiger partial charge in [-0.1, -0.05) is 36.4 Å². The number of nitrogens with one attached hydrogen (secondary N) is 1. The molecule has 2 saturated heterocycles. The standard InChI is InChI=1S/C26H34N4O5/c27-22-10-6-11-23(24(22)28-20-9-4-5-14-30(17-20)25(31)32)35-21-12-15-29(16-13-21)26(33)34-18-19-7-2-1-3-8-19/h1-3,6-8,10-11,20-21,28H,4-5,9,12-18,27H2,(H,31,32)/t20-/m1/s1. The second kappa shape index (κ2) is 11.7. The van der Waals surface area contributed by atoms with Crippen LogP contribution < -0.4 is 15.8 Å². The first-order valence-corrected chi connectivity index (χ1v) is 12.2. The van der Waals surface area contributed by atoms with Gasteiger partial charge in [-0.05, 0) is 37.0 Å². The molecule has 0 saturated carbocycles. The maximum Gasteiger partial charge on any atom is 0.410 e. The minimum absolute atomic E-state index is 0.0399. The van der Waals surface area contributed by atoms with Gasteiger partial charge in [0, 0.05) is 45.1 Å². The number of rotatable bonds is 6. The van der Waals surface area contributed by atoms with Crippen molar-refractivity contribution in [1.82, 2.24) is 9.80 Å². The Hall–Kier alpha value is -3.62. The lowest BCUT2D eigenvalue weighted by atomic mass is 10.1. The number of nitrogens with zero attached hydrogens (tertiary/aromatic N) is 2. The van der Waals surface area contributed by atoms with Crippen LogP contribution in [0.2, 0.25) is 0 Å². The number of likely N-dealkylation sites (tertiary alicyclic amines) is 2. The Morgan fingerprint density at radius 2 is 1.74 bits per heavy atom. The van der Waals surface area contributed by atoms with Gasteiger partial charge in [0.2, 0.25) is 0 Å². The Balaban J connectivity index is 1.31. The number of hydrogen-bond donors (Lipinski definition) is 3. The van der Waals surface area contributed by atoms with Crippen molar-refractivity contribution >= 4 is 23.6 Å². The van der Waals surface area contributed by atoms with Crippen LogP contribution >= 0.6 is 0 Å². The van der Waals surface area contributed by atoms with Gasteiger partial charge in [-0.3, -0.25) is 0 Å². The van der Waals surface area contributed by atoms with Crippen molar-refractivity contribution in [3.8, 4) is 5.75 Å². The van der Waals surface area contributed by atoms with Gasteiger partial charge in [0.05, 0.1) is 5.69 Å². The van der Waals surface area contributed by atoms with Gasteiger partial charge in [0.1, 0.15) is 24.1 Å². The Labute approximate surface area is 205 Å². The molecule has 2 aromatic carbocycles. The van der Waals surface area contributed by atoms with E-state index < -0.39 is 6.09 Å². The molecule has 0 radical (unpaired) electrons. The van der Waals surface area contributed by atoms with Crippen LogP contribution in [0.3, 0.4) is 0 Å². The number of piperidine rings is 1. The van der Waals surface area contributed by atoms with Gasteiger partial charge in [0.25, 0.3) is 0 Å². The van der Waals surface area contributed by atoms with E-state index in [1.165, 1.54) is 4.90 Å². The highest BCUT2D eigenvalue weighted by Crippen LogP contribution is 2.34. The number of ether oxygens (including phenoxy) is 2. The van der Waals surface area contributed by atoms with Gasteiger partial charge in [0.15, 0.2) is 0 Å². The van der Waals surface area contributed by atoms with Crippen LogP contribution in [0.5, 0.6) is 5.75 Å². The van der Waals surface area contributed by atoms with Crippen LogP contribution in [-0.4, -0.2) is 65.4 Å². The highest BCUT2D eigenvalue weighted by Gasteiger charge is 2.27. The van der Waals surface area contributed by atoms with Crippen molar-refractivity contribution in [2.75, 3.05) is 37.2 Å². The molecule has 9 heteroatoms. The Bertz CT molecular complexity index is 994. The third-order valence-electron chi connectivity index (χ3n) is 6.55. The summed E-state index contributed by atoms with van der Waals surface area (Å²) in [4.78, 5) is 27.1. The summed E-state index contributed by atoms with van der Waals surface area (Å²) in [5, 5.41) is 12.9. The lowest BCUT2D eigenvalue weighted by Gasteiger charge is -2.32. The number of carboxylic acid groups (broad SMARTS) is 1. The predicted octanol–water partition coefficient (Wildman–Crippen LogP) is 4.39. The molecule has 4 rings (SSSR count). The van der Waals surface area contributed by atoms with E-state index in [0.717, 1.165) is 24.8 Å². The highest BCUT2D eigenvalue weighted by molar-refractivity contribution is 5.74. The number of nitrogen functional groups attached to an aromatic ring is 1. The summed E-state index contributed by atoms with van der Waals surface area (Å²) in [5.74, 6) is 0.654. The van der Waals surface area contributed by atoms with Crippen molar-refractivity contribution in [1.29, 1.82) is 0 Å². The van der Waals surface area contributed by atoms with E-state index in [1.807, 2.05) is 48.5 Å². The molecule has 0 unspecified atom stereocenters. The first-order valence-electron chi connectivity index (χ1n) is 12.2. The molecule has 2 aliphatic heterocycles. The zero-order valence-corrected chi connectivity index (χ0v) is 19.9. The minimum Gasteiger partial charge on any atom is -0.488 e. The zero-order valence-electron chi connectivity index (χ0n) is 19.9. The van der Waals surface area contributed by atoms with E-state index >= 15 is 0 Å². The number of hydrogen-bond acceptors (Lipinski definition) is 6. The minimum atomic E-state index is -0.898. The number of para-hydroxylation sites is 1. The van der Waals surface area contributed by atoms with Gasteiger partial charge >= 0.3 is 12.2 Å². The monoisotopic (exact) mass is 482 g/mol. The maximum atomic E-state index is 12.4. The lowest BCUT2D eigenvalue weighted by Crippen LogP contribution is -2.42. The van der Waals surface area contributed by atoms with E-state index in [1.54, 1.807) is 4.90 Å². The highest BCUT2D eigenvalue weighted by atomic mass is 16.6. The van der Waals surface area contributed by atoms with Crippen LogP contribution in [0.4, 0.5) is 21.0 Å². The maximum absolute atomic E-state index is 12.4. The first kappa shape index (κ1) is 24.5. The van der Waals surface area contributed by atoms with Crippen LogP contribution in [0.1, 0.15) is 37.7 Å². The quantitative estimate of drug-likeness (QED) is 0.523. The van der Waals surface area contributed by atoms with E-state index in [-0.39, 0.29) is 24.8 Å². The van der Waals surface area contributed by atoms with Crippen molar-refractivity contribution in [2.24, 2.45) is 0 Å². The molecule has 4 N–H and O–H groups in total. The molecule has 2 heterocycles. The van der Waals surface area contributed by atoms with Crippen molar-refractivity contribution in [3.05, 3.63) is 54.1 Å². The fourth-order valence-electron chi connectivity index (χ4n) is 4.58. The summed E-state index contributed by atoms with van der Waals surface area (Å²) in [6.45, 7) is 2.33. The zero-order chi connectivity index (χ0) is 24.6.